The Labute approximate surface area is 128 Å². The van der Waals surface area contributed by atoms with Gasteiger partial charge >= 0.3 is 0 Å². The molecule has 2 aromatic rings. The van der Waals surface area contributed by atoms with Gasteiger partial charge in [-0.05, 0) is 37.1 Å². The normalized spacial score (nSPS) is 10.1. The predicted molar refractivity (Wildman–Crippen MR) is 86.1 cm³/mol. The van der Waals surface area contributed by atoms with Crippen LogP contribution in [-0.2, 0) is 4.79 Å². The lowest BCUT2D eigenvalue weighted by atomic mass is 10.2. The van der Waals surface area contributed by atoms with Crippen LogP contribution in [0.1, 0.15) is 11.1 Å². The van der Waals surface area contributed by atoms with E-state index in [1.807, 2.05) is 38.1 Å². The highest BCUT2D eigenvalue weighted by Crippen LogP contribution is 2.21. The number of benzene rings is 2. The molecule has 2 rings (SSSR count). The molecule has 2 N–H and O–H groups in total. The average molecular weight is 299 g/mol. The second kappa shape index (κ2) is 6.71. The molecule has 0 aliphatic rings. The van der Waals surface area contributed by atoms with Gasteiger partial charge < -0.3 is 10.6 Å². The Kier molecular flexibility index (Phi) is 4.73. The minimum absolute atomic E-state index is 0.00723. The summed E-state index contributed by atoms with van der Waals surface area (Å²) in [5.41, 5.74) is 3.19. The van der Waals surface area contributed by atoms with Crippen LogP contribution in [0.2, 0.25) is 0 Å². The number of hydrogen-bond acceptors (Lipinski definition) is 4. The average Bonchev–Trinajstić information content (AvgIpc) is 2.46. The molecule has 0 atom stereocenters. The van der Waals surface area contributed by atoms with Crippen molar-refractivity contribution in [2.24, 2.45) is 0 Å². The van der Waals surface area contributed by atoms with E-state index in [2.05, 4.69) is 10.6 Å². The Balaban J connectivity index is 1.99. The van der Waals surface area contributed by atoms with Crippen molar-refractivity contribution in [1.82, 2.24) is 0 Å². The minimum Gasteiger partial charge on any atom is -0.376 e. The van der Waals surface area contributed by atoms with Gasteiger partial charge in [0.15, 0.2) is 0 Å². The van der Waals surface area contributed by atoms with Gasteiger partial charge in [-0.25, -0.2) is 0 Å². The van der Waals surface area contributed by atoms with Crippen molar-refractivity contribution >= 4 is 23.0 Å². The van der Waals surface area contributed by atoms with Gasteiger partial charge in [-0.15, -0.1) is 0 Å². The molecule has 114 valence electrons. The van der Waals surface area contributed by atoms with Crippen molar-refractivity contribution in [3.63, 3.8) is 0 Å². The number of carbonyl (C=O) groups excluding carboxylic acids is 1. The van der Waals surface area contributed by atoms with Crippen LogP contribution in [0, 0.1) is 24.0 Å². The zero-order valence-electron chi connectivity index (χ0n) is 12.4. The first-order valence-corrected chi connectivity index (χ1v) is 6.81. The predicted octanol–water partition coefficient (Wildman–Crippen LogP) is 3.26. The maximum Gasteiger partial charge on any atom is 0.271 e. The molecular formula is C16H17N3O3. The molecule has 0 saturated carbocycles. The topological polar surface area (TPSA) is 84.3 Å². The molecule has 1 amide bonds. The number of carbonyl (C=O) groups is 1. The van der Waals surface area contributed by atoms with Gasteiger partial charge in [-0.2, -0.15) is 0 Å². The van der Waals surface area contributed by atoms with Gasteiger partial charge in [0.2, 0.25) is 5.91 Å². The molecule has 0 fully saturated rings. The molecule has 0 aliphatic carbocycles. The van der Waals surface area contributed by atoms with E-state index in [0.29, 0.717) is 5.69 Å². The molecule has 0 spiro atoms. The number of hydrogen-bond donors (Lipinski definition) is 2. The first-order valence-electron chi connectivity index (χ1n) is 6.81. The van der Waals surface area contributed by atoms with E-state index in [-0.39, 0.29) is 18.1 Å². The Morgan fingerprint density at radius 3 is 2.64 bits per heavy atom. The molecule has 0 heterocycles. The zero-order chi connectivity index (χ0) is 16.1. The van der Waals surface area contributed by atoms with Crippen LogP contribution in [-0.4, -0.2) is 17.4 Å². The van der Waals surface area contributed by atoms with Gasteiger partial charge in [0.25, 0.3) is 5.69 Å². The lowest BCUT2D eigenvalue weighted by molar-refractivity contribution is -0.384. The lowest BCUT2D eigenvalue weighted by Gasteiger charge is -2.10. The maximum atomic E-state index is 11.9. The van der Waals surface area contributed by atoms with Crippen molar-refractivity contribution in [2.45, 2.75) is 13.8 Å². The van der Waals surface area contributed by atoms with Crippen LogP contribution >= 0.6 is 0 Å². The Hall–Kier alpha value is -2.89. The third kappa shape index (κ3) is 4.05. The maximum absolute atomic E-state index is 11.9. The summed E-state index contributed by atoms with van der Waals surface area (Å²) in [7, 11) is 0. The minimum atomic E-state index is -0.461. The number of anilines is 2. The fourth-order valence-electron chi connectivity index (χ4n) is 2.02. The standard InChI is InChI=1S/C16H17N3O3/c1-11-4-3-5-13(8-11)18-16(20)10-17-15-9-14(19(21)22)7-6-12(15)2/h3-9,17H,10H2,1-2H3,(H,18,20). The Morgan fingerprint density at radius 2 is 1.95 bits per heavy atom. The number of non-ortho nitro benzene ring substituents is 1. The van der Waals surface area contributed by atoms with Crippen LogP contribution in [0.5, 0.6) is 0 Å². The first kappa shape index (κ1) is 15.5. The summed E-state index contributed by atoms with van der Waals surface area (Å²) < 4.78 is 0. The molecule has 0 aliphatic heterocycles. The van der Waals surface area contributed by atoms with Crippen LogP contribution in [0.15, 0.2) is 42.5 Å². The number of nitrogens with zero attached hydrogens (tertiary/aromatic N) is 1. The van der Waals surface area contributed by atoms with Crippen molar-refractivity contribution in [3.05, 3.63) is 63.7 Å². The van der Waals surface area contributed by atoms with Gasteiger partial charge in [0.1, 0.15) is 0 Å². The first-order chi connectivity index (χ1) is 10.5. The molecule has 6 heteroatoms. The second-order valence-electron chi connectivity index (χ2n) is 5.03. The Bertz CT molecular complexity index is 714. The molecule has 0 saturated heterocycles. The SMILES string of the molecule is Cc1cccc(NC(=O)CNc2cc([N+](=O)[O-])ccc2C)c1. The summed E-state index contributed by atoms with van der Waals surface area (Å²) in [6, 6.07) is 12.0. The van der Waals surface area contributed by atoms with Gasteiger partial charge in [-0.3, -0.25) is 14.9 Å². The van der Waals surface area contributed by atoms with Crippen LogP contribution in [0.3, 0.4) is 0 Å². The van der Waals surface area contributed by atoms with Crippen molar-refractivity contribution in [2.75, 3.05) is 17.2 Å². The van der Waals surface area contributed by atoms with Crippen LogP contribution in [0.25, 0.3) is 0 Å². The molecule has 0 bridgehead atoms. The smallest absolute Gasteiger partial charge is 0.271 e. The molecular weight excluding hydrogens is 282 g/mol. The third-order valence-electron chi connectivity index (χ3n) is 3.17. The second-order valence-corrected chi connectivity index (χ2v) is 5.03. The fraction of sp³-hybridized carbons (Fsp3) is 0.188. The van der Waals surface area contributed by atoms with E-state index in [0.717, 1.165) is 16.8 Å². The molecule has 0 radical (unpaired) electrons. The summed E-state index contributed by atoms with van der Waals surface area (Å²) in [5.74, 6) is -0.212. The molecule has 0 unspecified atom stereocenters. The number of rotatable bonds is 5. The van der Waals surface area contributed by atoms with Crippen molar-refractivity contribution in [1.29, 1.82) is 0 Å². The quantitative estimate of drug-likeness (QED) is 0.655. The number of nitro groups is 1. The van der Waals surface area contributed by atoms with E-state index in [4.69, 9.17) is 0 Å². The molecule has 22 heavy (non-hydrogen) atoms. The van der Waals surface area contributed by atoms with Gasteiger partial charge in [-0.1, -0.05) is 18.2 Å². The highest BCUT2D eigenvalue weighted by atomic mass is 16.6. The van der Waals surface area contributed by atoms with Crippen molar-refractivity contribution in [3.8, 4) is 0 Å². The van der Waals surface area contributed by atoms with E-state index in [1.54, 1.807) is 6.07 Å². The highest BCUT2D eigenvalue weighted by Gasteiger charge is 2.09. The number of nitro benzene ring substituents is 1. The molecule has 6 nitrogen and oxygen atoms in total. The third-order valence-corrected chi connectivity index (χ3v) is 3.17. The molecule has 2 aromatic carbocycles. The monoisotopic (exact) mass is 299 g/mol. The Morgan fingerprint density at radius 1 is 1.18 bits per heavy atom. The summed E-state index contributed by atoms with van der Waals surface area (Å²) in [6.07, 6.45) is 0. The van der Waals surface area contributed by atoms with E-state index in [1.165, 1.54) is 12.1 Å². The largest absolute Gasteiger partial charge is 0.376 e. The van der Waals surface area contributed by atoms with Crippen molar-refractivity contribution < 1.29 is 9.72 Å². The lowest BCUT2D eigenvalue weighted by Crippen LogP contribution is -2.22. The highest BCUT2D eigenvalue weighted by molar-refractivity contribution is 5.93. The summed E-state index contributed by atoms with van der Waals surface area (Å²) in [5, 5.41) is 16.5. The summed E-state index contributed by atoms with van der Waals surface area (Å²) in [4.78, 5) is 22.2. The van der Waals surface area contributed by atoms with Gasteiger partial charge in [0.05, 0.1) is 11.5 Å². The van der Waals surface area contributed by atoms with Crippen LogP contribution in [0.4, 0.5) is 17.1 Å². The van der Waals surface area contributed by atoms with E-state index >= 15 is 0 Å². The molecule has 0 aromatic heterocycles. The van der Waals surface area contributed by atoms with Gasteiger partial charge in [0, 0.05) is 23.5 Å². The van der Waals surface area contributed by atoms with E-state index < -0.39 is 4.92 Å². The van der Waals surface area contributed by atoms with Crippen LogP contribution < -0.4 is 10.6 Å². The summed E-state index contributed by atoms with van der Waals surface area (Å²) in [6.45, 7) is 3.81. The summed E-state index contributed by atoms with van der Waals surface area (Å²) >= 11 is 0. The number of aryl methyl sites for hydroxylation is 2. The fourth-order valence-corrected chi connectivity index (χ4v) is 2.02. The number of amides is 1. The zero-order valence-corrected chi connectivity index (χ0v) is 12.4. The number of nitrogens with one attached hydrogen (secondary N) is 2. The van der Waals surface area contributed by atoms with E-state index in [9.17, 15) is 14.9 Å².